The molecule has 0 aliphatic rings. The number of nitrogens with zero attached hydrogens (tertiary/aromatic N) is 9. The highest BCUT2D eigenvalue weighted by Gasteiger charge is 2.25. The lowest BCUT2D eigenvalue weighted by Crippen LogP contribution is -1.99. The molecule has 0 saturated carbocycles. The average molecular weight is 1850 g/mol. The maximum absolute atomic E-state index is 5.26. The summed E-state index contributed by atoms with van der Waals surface area (Å²) in [5.41, 5.74) is 27.7. The monoisotopic (exact) mass is 1850 g/mol. The molecule has 6 aromatic heterocycles. The van der Waals surface area contributed by atoms with Gasteiger partial charge in [-0.2, -0.15) is 0 Å². The van der Waals surface area contributed by atoms with Crippen molar-refractivity contribution >= 4 is 141 Å². The Hall–Kier alpha value is -19.5. The van der Waals surface area contributed by atoms with E-state index in [4.69, 9.17) is 29.9 Å². The van der Waals surface area contributed by atoms with Crippen LogP contribution in [0.2, 0.25) is 0 Å². The molecule has 676 valence electrons. The van der Waals surface area contributed by atoms with Crippen LogP contribution >= 0.6 is 0 Å². The first-order valence-corrected chi connectivity index (χ1v) is 49.2. The molecule has 0 spiro atoms. The summed E-state index contributed by atoms with van der Waals surface area (Å²) in [4.78, 5) is 30.9. The van der Waals surface area contributed by atoms with Crippen molar-refractivity contribution in [1.82, 2.24) is 43.6 Å². The zero-order valence-corrected chi connectivity index (χ0v) is 78.8. The van der Waals surface area contributed by atoms with Crippen molar-refractivity contribution in [2.75, 3.05) is 0 Å². The lowest BCUT2D eigenvalue weighted by Gasteiger charge is -2.16. The molecule has 0 bridgehead atoms. The molecule has 0 aliphatic carbocycles. The number of rotatable bonds is 13. The van der Waals surface area contributed by atoms with Gasteiger partial charge < -0.3 is 13.7 Å². The van der Waals surface area contributed by atoms with E-state index in [2.05, 4.69) is 499 Å². The highest BCUT2D eigenvalue weighted by molar-refractivity contribution is 6.18. The van der Waals surface area contributed by atoms with E-state index in [1.165, 1.54) is 130 Å². The van der Waals surface area contributed by atoms with Gasteiger partial charge in [0.25, 0.3) is 0 Å². The Morgan fingerprint density at radius 2 is 0.414 bits per heavy atom. The van der Waals surface area contributed by atoms with Crippen molar-refractivity contribution in [2.24, 2.45) is 0 Å². The summed E-state index contributed by atoms with van der Waals surface area (Å²) in [6, 6.07) is 187. The van der Waals surface area contributed by atoms with E-state index in [0.29, 0.717) is 11.6 Å². The second-order valence-corrected chi connectivity index (χ2v) is 37.2. The first-order valence-electron chi connectivity index (χ1n) is 49.2. The summed E-state index contributed by atoms with van der Waals surface area (Å²) >= 11 is 0. The highest BCUT2D eigenvalue weighted by Crippen LogP contribution is 2.46. The SMILES string of the molecule is c1ccc(-c2cc(-c3ccc(-n4c5ccccc5c5cc6ccccc6cc54)c4ccccc34)nc(-c3ccc4ccccc4c3)n2)cc1.c1ccc(-c2cc(-c3ccc(-n4c5ccccc5c5cc6ccccc6cc54)c4ccccc34)nc(-c3ccccc3)n2)cc1.c1ccc(-c2cccc(-c3cc(-c4ccccc4)nc(-c4ccc5ccc(-n6c7ccccc7c7cc8ccccc8cc76)cc5c4)n3)c2)cc1. The third-order valence-electron chi connectivity index (χ3n) is 28.5. The van der Waals surface area contributed by atoms with Gasteiger partial charge in [-0.1, -0.05) is 413 Å². The molecule has 0 amide bonds. The number of fused-ring (bicyclic) bond motifs is 16. The highest BCUT2D eigenvalue weighted by atomic mass is 15.0. The number of para-hydroxylation sites is 3. The third kappa shape index (κ3) is 15.6. The van der Waals surface area contributed by atoms with Crippen LogP contribution in [0.3, 0.4) is 0 Å². The maximum Gasteiger partial charge on any atom is 0.160 e. The smallest absolute Gasteiger partial charge is 0.160 e. The van der Waals surface area contributed by atoms with Gasteiger partial charge in [0.15, 0.2) is 17.5 Å². The minimum atomic E-state index is 0.701. The molecule has 0 aliphatic heterocycles. The first kappa shape index (κ1) is 84.8. The number of aromatic nitrogens is 9. The van der Waals surface area contributed by atoms with Crippen LogP contribution in [0.4, 0.5) is 0 Å². The van der Waals surface area contributed by atoms with Gasteiger partial charge in [0.2, 0.25) is 0 Å². The van der Waals surface area contributed by atoms with Crippen molar-refractivity contribution in [2.45, 2.75) is 0 Å². The van der Waals surface area contributed by atoms with Crippen molar-refractivity contribution in [3.63, 3.8) is 0 Å². The standard InChI is InChI=1S/C48H31N3.C46H29N3.C42H27N3/c1-3-12-32(13-4-1)35-18-11-19-38(26-35)45-31-44(34-14-5-2-6-15-34)49-48(50-45)39-23-22-33-24-25-41(28-40(33)27-39)51-46-21-10-9-20-42(46)43-29-36-16-7-8-17-37(36)30-47(43)51;1-2-13-31(14-3-1)41-29-42(48-46(47-41)35-23-22-30-12-4-5-15-32(30)26-35)37-24-25-44(38-19-9-8-18-36(37)38)49-43-21-11-10-20-39(43)40-27-33-16-6-7-17-34(33)28-45(40)49;1-3-13-28(14-4-1)37-27-38(44-42(43-37)29-15-5-2-6-16-29)33-23-24-40(34-20-10-9-19-32(33)34)45-39-22-12-11-21-35(39)36-25-30-17-7-8-18-31(30)26-41(36)45/h1-31H;1-29H;1-27H. The van der Waals surface area contributed by atoms with Crippen LogP contribution in [0.5, 0.6) is 0 Å². The van der Waals surface area contributed by atoms with E-state index < -0.39 is 0 Å². The van der Waals surface area contributed by atoms with Crippen molar-refractivity contribution in [3.8, 4) is 130 Å². The van der Waals surface area contributed by atoms with Gasteiger partial charge in [0.1, 0.15) is 0 Å². The average Bonchev–Trinajstić information content (AvgIpc) is 1.58. The van der Waals surface area contributed by atoms with Gasteiger partial charge in [0, 0.05) is 98.8 Å². The number of benzene rings is 23. The van der Waals surface area contributed by atoms with Gasteiger partial charge >= 0.3 is 0 Å². The molecule has 9 nitrogen and oxygen atoms in total. The van der Waals surface area contributed by atoms with Crippen LogP contribution < -0.4 is 0 Å². The Morgan fingerprint density at radius 3 is 0.848 bits per heavy atom. The second-order valence-electron chi connectivity index (χ2n) is 37.2. The first-order chi connectivity index (χ1) is 71.8. The van der Waals surface area contributed by atoms with E-state index in [-0.39, 0.29) is 0 Å². The fourth-order valence-corrected chi connectivity index (χ4v) is 21.5. The van der Waals surface area contributed by atoms with Crippen LogP contribution in [0.15, 0.2) is 528 Å². The molecule has 0 atom stereocenters. The predicted molar refractivity (Wildman–Crippen MR) is 606 cm³/mol. The van der Waals surface area contributed by atoms with E-state index in [1.807, 2.05) is 42.5 Å². The van der Waals surface area contributed by atoms with Gasteiger partial charge in [-0.25, -0.2) is 29.9 Å². The molecule has 0 fully saturated rings. The van der Waals surface area contributed by atoms with Gasteiger partial charge in [-0.15, -0.1) is 0 Å². The molecule has 0 N–H and O–H groups in total. The Balaban J connectivity index is 0.000000108. The van der Waals surface area contributed by atoms with Crippen molar-refractivity contribution in [1.29, 1.82) is 0 Å². The predicted octanol–water partition coefficient (Wildman–Crippen LogP) is 35.5. The molecule has 29 aromatic rings. The lowest BCUT2D eigenvalue weighted by atomic mass is 9.98. The summed E-state index contributed by atoms with van der Waals surface area (Å²) in [5.74, 6) is 2.13. The van der Waals surface area contributed by atoms with Crippen molar-refractivity contribution < 1.29 is 0 Å². The molecule has 9 heteroatoms. The topological polar surface area (TPSA) is 92.1 Å². The molecule has 0 unspecified atom stereocenters. The normalized spacial score (nSPS) is 11.6. The molecule has 145 heavy (non-hydrogen) atoms. The number of hydrogen-bond donors (Lipinski definition) is 0. The molecular formula is C136H87N9. The zero-order chi connectivity index (χ0) is 95.8. The molecule has 6 heterocycles. The summed E-state index contributed by atoms with van der Waals surface area (Å²) < 4.78 is 7.25. The molecule has 23 aromatic carbocycles. The fourth-order valence-electron chi connectivity index (χ4n) is 21.5. The summed E-state index contributed by atoms with van der Waals surface area (Å²) in [5, 5.41) is 24.3. The Kier molecular flexibility index (Phi) is 21.1. The minimum Gasteiger partial charge on any atom is -0.309 e. The number of hydrogen-bond acceptors (Lipinski definition) is 6. The third-order valence-corrected chi connectivity index (χ3v) is 28.5. The van der Waals surface area contributed by atoms with Crippen LogP contribution in [-0.4, -0.2) is 43.6 Å². The van der Waals surface area contributed by atoms with Gasteiger partial charge in [0.05, 0.1) is 78.6 Å². The Morgan fingerprint density at radius 1 is 0.124 bits per heavy atom. The maximum atomic E-state index is 5.26. The van der Waals surface area contributed by atoms with Crippen LogP contribution in [-0.2, 0) is 0 Å². The lowest BCUT2D eigenvalue weighted by molar-refractivity contribution is 1.18. The van der Waals surface area contributed by atoms with Crippen LogP contribution in [0, 0.1) is 0 Å². The molecular weight excluding hydrogens is 1760 g/mol. The Bertz CT molecular complexity index is 10100. The Labute approximate surface area is 836 Å². The summed E-state index contributed by atoms with van der Waals surface area (Å²) in [6.07, 6.45) is 0. The fraction of sp³-hybridized carbons (Fsp3) is 0. The van der Waals surface area contributed by atoms with E-state index in [9.17, 15) is 0 Å². The van der Waals surface area contributed by atoms with E-state index in [1.54, 1.807) is 0 Å². The zero-order valence-electron chi connectivity index (χ0n) is 78.8. The van der Waals surface area contributed by atoms with Crippen LogP contribution in [0.25, 0.3) is 271 Å². The van der Waals surface area contributed by atoms with E-state index in [0.717, 1.165) is 129 Å². The van der Waals surface area contributed by atoms with Gasteiger partial charge in [-0.05, 0) is 191 Å². The molecule has 0 saturated heterocycles. The second kappa shape index (κ2) is 36.1. The minimum absolute atomic E-state index is 0.701. The summed E-state index contributed by atoms with van der Waals surface area (Å²) in [7, 11) is 0. The van der Waals surface area contributed by atoms with Crippen molar-refractivity contribution in [3.05, 3.63) is 528 Å². The van der Waals surface area contributed by atoms with Gasteiger partial charge in [-0.3, -0.25) is 0 Å². The summed E-state index contributed by atoms with van der Waals surface area (Å²) in [6.45, 7) is 0. The van der Waals surface area contributed by atoms with E-state index >= 15 is 0 Å². The van der Waals surface area contributed by atoms with Crippen LogP contribution in [0.1, 0.15) is 0 Å². The molecule has 29 rings (SSSR count). The largest absolute Gasteiger partial charge is 0.309 e. The quantitative estimate of drug-likeness (QED) is 0.114. The molecule has 0 radical (unpaired) electrons.